The molecular weight excluding hydrogens is 567 g/mol. The van der Waals surface area contributed by atoms with Crippen LogP contribution in [0, 0.1) is 29.5 Å². The summed E-state index contributed by atoms with van der Waals surface area (Å²) in [6.45, 7) is 6.52. The third kappa shape index (κ3) is 4.61. The Labute approximate surface area is 262 Å². The Morgan fingerprint density at radius 2 is 1.89 bits per heavy atom. The van der Waals surface area contributed by atoms with Crippen molar-refractivity contribution >= 4 is 27.5 Å². The molecule has 4 aliphatic heterocycles. The van der Waals surface area contributed by atoms with Gasteiger partial charge in [0.05, 0.1) is 6.61 Å². The first kappa shape index (κ1) is 27.3. The molecular formula is C36H37FN6O2. The van der Waals surface area contributed by atoms with Crippen LogP contribution in [0.3, 0.4) is 0 Å². The maximum atomic E-state index is 16.9. The maximum Gasteiger partial charge on any atom is 0.319 e. The van der Waals surface area contributed by atoms with Gasteiger partial charge in [0.1, 0.15) is 17.1 Å². The van der Waals surface area contributed by atoms with Crippen LogP contribution in [-0.2, 0) is 0 Å². The fraction of sp³-hybridized carbons (Fsp3) is 0.444. The number of rotatable bonds is 7. The minimum Gasteiger partial charge on any atom is -0.508 e. The molecule has 5 aliphatic rings. The van der Waals surface area contributed by atoms with Crippen LogP contribution < -0.4 is 20.3 Å². The van der Waals surface area contributed by atoms with Crippen LogP contribution >= 0.6 is 0 Å². The van der Waals surface area contributed by atoms with E-state index >= 15 is 4.39 Å². The standard InChI is InChI=1S/C36H37FN6O2/c1-2-21-4-3-5-22-12-26(44)13-29(31(21)22)27-8-9-28-33(32(27)37)40-35(41-34(28)42-17-24-6-7-25(18-42)39-24)45-20-36(10-11-36)19-43-16-23-14-38-15-30(23)43/h1,3-5,8-9,12-13,23-25,30,38-39,44H,6-7,10-11,14-20H2. The second kappa shape index (κ2) is 10.3. The second-order valence-electron chi connectivity index (χ2n) is 13.9. The number of halogens is 1. The van der Waals surface area contributed by atoms with Gasteiger partial charge < -0.3 is 25.4 Å². The number of aromatic nitrogens is 2. The van der Waals surface area contributed by atoms with Crippen LogP contribution in [0.4, 0.5) is 10.2 Å². The van der Waals surface area contributed by atoms with Gasteiger partial charge in [-0.15, -0.1) is 6.42 Å². The summed E-state index contributed by atoms with van der Waals surface area (Å²) in [5.74, 6) is 3.80. The van der Waals surface area contributed by atoms with Gasteiger partial charge >= 0.3 is 6.01 Å². The largest absolute Gasteiger partial charge is 0.508 e. The lowest BCUT2D eigenvalue weighted by Crippen LogP contribution is -2.57. The molecule has 3 N–H and O–H groups in total. The van der Waals surface area contributed by atoms with Crippen molar-refractivity contribution in [2.24, 2.45) is 11.3 Å². The van der Waals surface area contributed by atoms with E-state index in [-0.39, 0.29) is 22.7 Å². The van der Waals surface area contributed by atoms with E-state index in [1.165, 1.54) is 0 Å². The number of phenols is 1. The van der Waals surface area contributed by atoms with Crippen molar-refractivity contribution in [2.45, 2.75) is 43.8 Å². The van der Waals surface area contributed by atoms with Crippen LogP contribution in [0.15, 0.2) is 42.5 Å². The summed E-state index contributed by atoms with van der Waals surface area (Å²) >= 11 is 0. The van der Waals surface area contributed by atoms with Crippen LogP contribution in [0.5, 0.6) is 11.8 Å². The Kier molecular flexibility index (Phi) is 6.25. The number of aromatic hydroxyl groups is 1. The molecule has 0 radical (unpaired) electrons. The minimum atomic E-state index is -0.473. The van der Waals surface area contributed by atoms with Gasteiger partial charge in [0, 0.05) is 90.6 Å². The Morgan fingerprint density at radius 1 is 1.04 bits per heavy atom. The fourth-order valence-electron chi connectivity index (χ4n) is 8.34. The summed E-state index contributed by atoms with van der Waals surface area (Å²) in [6.07, 6.45) is 10.4. The average Bonchev–Trinajstić information content (AvgIpc) is 3.59. The third-order valence-electron chi connectivity index (χ3n) is 10.9. The van der Waals surface area contributed by atoms with E-state index in [4.69, 9.17) is 21.1 Å². The molecule has 9 rings (SSSR count). The van der Waals surface area contributed by atoms with Crippen molar-refractivity contribution < 1.29 is 14.2 Å². The van der Waals surface area contributed by atoms with Crippen LogP contribution in [0.1, 0.15) is 31.2 Å². The summed E-state index contributed by atoms with van der Waals surface area (Å²) in [5, 5.41) is 19.9. The number of nitrogens with one attached hydrogen (secondary N) is 2. The predicted molar refractivity (Wildman–Crippen MR) is 173 cm³/mol. The number of nitrogens with zero attached hydrogens (tertiary/aromatic N) is 4. The molecule has 0 spiro atoms. The predicted octanol–water partition coefficient (Wildman–Crippen LogP) is 4.28. The number of benzene rings is 3. The molecule has 8 nitrogen and oxygen atoms in total. The van der Waals surface area contributed by atoms with Crippen molar-refractivity contribution in [3.05, 3.63) is 53.8 Å². The van der Waals surface area contributed by atoms with Gasteiger partial charge in [0.2, 0.25) is 0 Å². The van der Waals surface area contributed by atoms with E-state index < -0.39 is 5.82 Å². The molecule has 4 aromatic rings. The normalized spacial score (nSPS) is 26.5. The molecule has 9 heteroatoms. The smallest absolute Gasteiger partial charge is 0.319 e. The summed E-state index contributed by atoms with van der Waals surface area (Å²) in [6, 6.07) is 14.1. The first-order valence-electron chi connectivity index (χ1n) is 16.3. The zero-order chi connectivity index (χ0) is 30.3. The van der Waals surface area contributed by atoms with E-state index in [1.54, 1.807) is 18.2 Å². The SMILES string of the molecule is C#Cc1cccc2cc(O)cc(-c3ccc4c(N5CC6CCC(C5)N6)nc(OCC5(CN6CC7CNCC76)CC5)nc4c3F)c12. The average molecular weight is 605 g/mol. The summed E-state index contributed by atoms with van der Waals surface area (Å²) in [7, 11) is 0. The van der Waals surface area contributed by atoms with E-state index in [1.807, 2.05) is 24.3 Å². The summed E-state index contributed by atoms with van der Waals surface area (Å²) in [4.78, 5) is 14.6. The van der Waals surface area contributed by atoms with Crippen molar-refractivity contribution in [3.8, 4) is 35.2 Å². The maximum absolute atomic E-state index is 16.9. The number of likely N-dealkylation sites (tertiary alicyclic amines) is 1. The zero-order valence-corrected chi connectivity index (χ0v) is 25.2. The summed E-state index contributed by atoms with van der Waals surface area (Å²) < 4.78 is 23.3. The molecule has 4 unspecified atom stereocenters. The fourth-order valence-corrected chi connectivity index (χ4v) is 8.34. The molecule has 1 aromatic heterocycles. The van der Waals surface area contributed by atoms with Gasteiger partial charge in [-0.25, -0.2) is 4.39 Å². The molecule has 230 valence electrons. The lowest BCUT2D eigenvalue weighted by atomic mass is 9.90. The topological polar surface area (TPSA) is 85.8 Å². The van der Waals surface area contributed by atoms with Crippen molar-refractivity contribution in [1.82, 2.24) is 25.5 Å². The lowest BCUT2D eigenvalue weighted by Gasteiger charge is -2.45. The second-order valence-corrected chi connectivity index (χ2v) is 13.9. The van der Waals surface area contributed by atoms with E-state index in [2.05, 4.69) is 26.4 Å². The molecule has 1 saturated carbocycles. The molecule has 45 heavy (non-hydrogen) atoms. The number of fused-ring (bicyclic) bond motifs is 5. The van der Waals surface area contributed by atoms with Gasteiger partial charge in [0.25, 0.3) is 0 Å². The van der Waals surface area contributed by atoms with E-state index in [0.717, 1.165) is 87.5 Å². The number of piperazine rings is 1. The first-order chi connectivity index (χ1) is 22.0. The number of phenolic OH excluding ortho intramolecular Hbond substituents is 1. The van der Waals surface area contributed by atoms with Crippen molar-refractivity contribution in [3.63, 3.8) is 0 Å². The van der Waals surface area contributed by atoms with Gasteiger partial charge in [-0.2, -0.15) is 9.97 Å². The highest BCUT2D eigenvalue weighted by Gasteiger charge is 2.51. The zero-order valence-electron chi connectivity index (χ0n) is 25.2. The molecule has 4 saturated heterocycles. The quantitative estimate of drug-likeness (QED) is 0.270. The Morgan fingerprint density at radius 3 is 2.67 bits per heavy atom. The molecule has 2 bridgehead atoms. The van der Waals surface area contributed by atoms with Gasteiger partial charge in [-0.3, -0.25) is 4.90 Å². The number of ether oxygens (including phenoxy) is 1. The molecule has 0 amide bonds. The number of anilines is 1. The third-order valence-corrected chi connectivity index (χ3v) is 10.9. The highest BCUT2D eigenvalue weighted by molar-refractivity contribution is 6.04. The first-order valence-corrected chi connectivity index (χ1v) is 16.3. The van der Waals surface area contributed by atoms with Crippen LogP contribution in [0.2, 0.25) is 0 Å². The Hall–Kier alpha value is -3.97. The monoisotopic (exact) mass is 604 g/mol. The molecule has 4 atom stereocenters. The Bertz CT molecular complexity index is 1870. The van der Waals surface area contributed by atoms with Gasteiger partial charge in [-0.1, -0.05) is 24.1 Å². The van der Waals surface area contributed by atoms with Gasteiger partial charge in [0.15, 0.2) is 5.82 Å². The molecule has 5 fully saturated rings. The molecule has 5 heterocycles. The number of hydrogen-bond acceptors (Lipinski definition) is 8. The van der Waals surface area contributed by atoms with Crippen molar-refractivity contribution in [1.29, 1.82) is 0 Å². The number of hydrogen-bond donors (Lipinski definition) is 3. The van der Waals surface area contributed by atoms with Crippen molar-refractivity contribution in [2.75, 3.05) is 50.8 Å². The Balaban J connectivity index is 1.11. The lowest BCUT2D eigenvalue weighted by molar-refractivity contribution is 0.0208. The van der Waals surface area contributed by atoms with E-state index in [0.29, 0.717) is 46.8 Å². The van der Waals surface area contributed by atoms with Crippen LogP contribution in [0.25, 0.3) is 32.8 Å². The molecule has 3 aromatic carbocycles. The molecule has 1 aliphatic carbocycles. The summed E-state index contributed by atoms with van der Waals surface area (Å²) in [5.41, 5.74) is 1.83. The van der Waals surface area contributed by atoms with Gasteiger partial charge in [-0.05, 0) is 60.9 Å². The highest BCUT2D eigenvalue weighted by Crippen LogP contribution is 2.49. The highest BCUT2D eigenvalue weighted by atomic mass is 19.1. The minimum absolute atomic E-state index is 0.0477. The van der Waals surface area contributed by atoms with E-state index in [9.17, 15) is 5.11 Å². The van der Waals surface area contributed by atoms with Crippen LogP contribution in [-0.4, -0.2) is 84.0 Å². The number of terminal acetylenes is 1.